The van der Waals surface area contributed by atoms with E-state index in [4.69, 9.17) is 18.9 Å². The van der Waals surface area contributed by atoms with Crippen LogP contribution < -0.4 is 14.2 Å². The fourth-order valence-electron chi connectivity index (χ4n) is 2.34. The van der Waals surface area contributed by atoms with Gasteiger partial charge in [-0.3, -0.25) is 4.79 Å². The van der Waals surface area contributed by atoms with Gasteiger partial charge in [0.25, 0.3) is 0 Å². The predicted molar refractivity (Wildman–Crippen MR) is 100 cm³/mol. The number of aliphatic imine (C=N–C) groups is 1. The third kappa shape index (κ3) is 4.01. The Kier molecular flexibility index (Phi) is 5.56. The molecule has 0 saturated heterocycles. The Labute approximate surface area is 159 Å². The van der Waals surface area contributed by atoms with Gasteiger partial charge in [-0.2, -0.15) is 0 Å². The zero-order chi connectivity index (χ0) is 19.4. The molecule has 0 aliphatic carbocycles. The first-order valence-corrected chi connectivity index (χ1v) is 8.96. The second-order valence-electron chi connectivity index (χ2n) is 5.40. The van der Waals surface area contributed by atoms with Crippen LogP contribution in [0.2, 0.25) is 0 Å². The highest BCUT2D eigenvalue weighted by Gasteiger charge is 2.25. The first kappa shape index (κ1) is 18.7. The van der Waals surface area contributed by atoms with Crippen LogP contribution in [0.1, 0.15) is 23.8 Å². The molecule has 0 spiro atoms. The molecule has 1 aliphatic heterocycles. The van der Waals surface area contributed by atoms with Crippen LogP contribution in [-0.2, 0) is 14.3 Å². The Bertz CT molecular complexity index is 905. The lowest BCUT2D eigenvalue weighted by molar-refractivity contribution is -0.134. The largest absolute Gasteiger partial charge is 0.493 e. The monoisotopic (exact) mass is 387 g/mol. The minimum atomic E-state index is -0.544. The second kappa shape index (κ2) is 8.05. The molecule has 0 bridgehead atoms. The van der Waals surface area contributed by atoms with Crippen LogP contribution >= 0.6 is 11.3 Å². The van der Waals surface area contributed by atoms with Gasteiger partial charge in [0.15, 0.2) is 17.2 Å². The molecule has 140 valence electrons. The molecule has 0 unspecified atom stereocenters. The second-order valence-corrected chi connectivity index (χ2v) is 6.34. The molecule has 1 aromatic carbocycles. The Morgan fingerprint density at radius 3 is 2.52 bits per heavy atom. The van der Waals surface area contributed by atoms with Crippen molar-refractivity contribution in [1.29, 1.82) is 0 Å². The molecule has 0 atom stereocenters. The minimum absolute atomic E-state index is 0.154. The zero-order valence-corrected chi connectivity index (χ0v) is 15.8. The smallest absolute Gasteiger partial charge is 0.363 e. The van der Waals surface area contributed by atoms with Gasteiger partial charge >= 0.3 is 11.9 Å². The van der Waals surface area contributed by atoms with Crippen molar-refractivity contribution < 1.29 is 28.5 Å². The number of cyclic esters (lactones) is 1. The topological polar surface area (TPSA) is 83.4 Å². The molecule has 3 rings (SSSR count). The van der Waals surface area contributed by atoms with E-state index in [1.165, 1.54) is 25.6 Å². The van der Waals surface area contributed by atoms with E-state index in [1.807, 2.05) is 17.5 Å². The van der Waals surface area contributed by atoms with Gasteiger partial charge in [-0.05, 0) is 35.2 Å². The maximum Gasteiger partial charge on any atom is 0.363 e. The number of hydrogen-bond donors (Lipinski definition) is 0. The van der Waals surface area contributed by atoms with Crippen LogP contribution in [0.3, 0.4) is 0 Å². The lowest BCUT2D eigenvalue weighted by Crippen LogP contribution is -2.08. The molecule has 2 heterocycles. The van der Waals surface area contributed by atoms with Crippen molar-refractivity contribution in [1.82, 2.24) is 0 Å². The van der Waals surface area contributed by atoms with Crippen molar-refractivity contribution in [3.8, 4) is 17.2 Å². The Hall–Kier alpha value is -3.13. The predicted octanol–water partition coefficient (Wildman–Crippen LogP) is 3.43. The third-order valence-electron chi connectivity index (χ3n) is 3.64. The summed E-state index contributed by atoms with van der Waals surface area (Å²) in [5.41, 5.74) is 0.740. The molecule has 0 radical (unpaired) electrons. The first-order chi connectivity index (χ1) is 13.0. The summed E-state index contributed by atoms with van der Waals surface area (Å²) in [6.07, 6.45) is 1.77. The fraction of sp³-hybridized carbons (Fsp3) is 0.211. The summed E-state index contributed by atoms with van der Waals surface area (Å²) in [6, 6.07) is 6.92. The number of benzene rings is 1. The summed E-state index contributed by atoms with van der Waals surface area (Å²) in [7, 11) is 2.90. The zero-order valence-electron chi connectivity index (χ0n) is 15.0. The van der Waals surface area contributed by atoms with Gasteiger partial charge in [0.05, 0.1) is 19.1 Å². The number of methoxy groups -OCH3 is 2. The number of thiophene rings is 1. The third-order valence-corrected chi connectivity index (χ3v) is 4.50. The highest BCUT2D eigenvalue weighted by atomic mass is 32.1. The molecule has 7 nitrogen and oxygen atoms in total. The van der Waals surface area contributed by atoms with Crippen molar-refractivity contribution in [2.75, 3.05) is 14.2 Å². The number of ether oxygens (including phenoxy) is 4. The molecule has 2 aromatic rings. The van der Waals surface area contributed by atoms with E-state index in [9.17, 15) is 9.59 Å². The van der Waals surface area contributed by atoms with Crippen molar-refractivity contribution in [2.45, 2.75) is 13.3 Å². The SMILES string of the molecule is CCC(=O)Oc1c(OC)cc(/C=C2/N=C(c3cccs3)OC2=O)cc1OC. The molecule has 27 heavy (non-hydrogen) atoms. The van der Waals surface area contributed by atoms with Gasteiger partial charge in [0.1, 0.15) is 0 Å². The maximum atomic E-state index is 12.1. The number of hydrogen-bond acceptors (Lipinski definition) is 8. The van der Waals surface area contributed by atoms with Crippen LogP contribution in [0.4, 0.5) is 0 Å². The van der Waals surface area contributed by atoms with Gasteiger partial charge in [-0.25, -0.2) is 9.79 Å². The molecule has 1 aliphatic rings. The summed E-state index contributed by atoms with van der Waals surface area (Å²) in [6.45, 7) is 1.69. The summed E-state index contributed by atoms with van der Waals surface area (Å²) >= 11 is 1.43. The van der Waals surface area contributed by atoms with E-state index >= 15 is 0 Å². The quantitative estimate of drug-likeness (QED) is 0.429. The van der Waals surface area contributed by atoms with Gasteiger partial charge in [0, 0.05) is 6.42 Å². The average Bonchev–Trinajstić information content (AvgIpc) is 3.32. The molecule has 0 amide bonds. The maximum absolute atomic E-state index is 12.1. The van der Waals surface area contributed by atoms with E-state index in [1.54, 1.807) is 25.1 Å². The first-order valence-electron chi connectivity index (χ1n) is 8.08. The van der Waals surface area contributed by atoms with Crippen molar-refractivity contribution in [2.24, 2.45) is 4.99 Å². The number of carbonyl (C=O) groups is 2. The van der Waals surface area contributed by atoms with Crippen molar-refractivity contribution in [3.05, 3.63) is 45.8 Å². The van der Waals surface area contributed by atoms with Crippen molar-refractivity contribution in [3.63, 3.8) is 0 Å². The number of nitrogens with zero attached hydrogens (tertiary/aromatic N) is 1. The van der Waals surface area contributed by atoms with E-state index < -0.39 is 11.9 Å². The lowest BCUT2D eigenvalue weighted by Gasteiger charge is -2.13. The normalized spacial score (nSPS) is 14.7. The van der Waals surface area contributed by atoms with Gasteiger partial charge < -0.3 is 18.9 Å². The summed E-state index contributed by atoms with van der Waals surface area (Å²) in [4.78, 5) is 28.8. The van der Waals surface area contributed by atoms with Crippen molar-refractivity contribution >= 4 is 35.2 Å². The van der Waals surface area contributed by atoms with Crippen LogP contribution in [-0.4, -0.2) is 32.1 Å². The number of carbonyl (C=O) groups excluding carboxylic acids is 2. The van der Waals surface area contributed by atoms with Gasteiger partial charge in [0.2, 0.25) is 11.6 Å². The summed E-state index contributed by atoms with van der Waals surface area (Å²) in [5, 5.41) is 1.87. The van der Waals surface area contributed by atoms with Gasteiger partial charge in [-0.15, -0.1) is 11.3 Å². The minimum Gasteiger partial charge on any atom is -0.493 e. The summed E-state index contributed by atoms with van der Waals surface area (Å²) in [5.74, 6) is 0.105. The standard InChI is InChI=1S/C19H17NO6S/c1-4-16(21)25-17-13(23-2)9-11(10-14(17)24-3)8-12-19(22)26-18(20-12)15-6-5-7-27-15/h5-10H,4H2,1-3H3/b12-8+. The van der Waals surface area contributed by atoms with E-state index in [2.05, 4.69) is 4.99 Å². The molecular weight excluding hydrogens is 370 g/mol. The number of esters is 2. The molecule has 0 fully saturated rings. The van der Waals surface area contributed by atoms with Crippen LogP contribution in [0.15, 0.2) is 40.3 Å². The van der Waals surface area contributed by atoms with E-state index in [-0.39, 0.29) is 23.8 Å². The van der Waals surface area contributed by atoms with Crippen LogP contribution in [0.25, 0.3) is 6.08 Å². The highest BCUT2D eigenvalue weighted by molar-refractivity contribution is 7.12. The summed E-state index contributed by atoms with van der Waals surface area (Å²) < 4.78 is 21.1. The Balaban J connectivity index is 1.98. The number of rotatable bonds is 6. The molecule has 0 saturated carbocycles. The van der Waals surface area contributed by atoms with Crippen LogP contribution in [0.5, 0.6) is 17.2 Å². The molecule has 8 heteroatoms. The van der Waals surface area contributed by atoms with Gasteiger partial charge in [-0.1, -0.05) is 13.0 Å². The van der Waals surface area contributed by atoms with Crippen LogP contribution in [0, 0.1) is 0 Å². The average molecular weight is 387 g/mol. The molecule has 1 aromatic heterocycles. The molecular formula is C19H17NO6S. The molecule has 0 N–H and O–H groups in total. The van der Waals surface area contributed by atoms with E-state index in [0.29, 0.717) is 17.1 Å². The lowest BCUT2D eigenvalue weighted by atomic mass is 10.1. The Morgan fingerprint density at radius 1 is 1.26 bits per heavy atom. The highest BCUT2D eigenvalue weighted by Crippen LogP contribution is 2.39. The van der Waals surface area contributed by atoms with E-state index in [0.717, 1.165) is 4.88 Å². The Morgan fingerprint density at radius 2 is 1.96 bits per heavy atom. The fourth-order valence-corrected chi connectivity index (χ4v) is 2.99.